The average molecular weight is 689 g/mol. The van der Waals surface area contributed by atoms with Crippen LogP contribution < -0.4 is 27.8 Å². The lowest BCUT2D eigenvalue weighted by Crippen LogP contribution is -2.70. The Bertz CT molecular complexity index is 1400. The summed E-state index contributed by atoms with van der Waals surface area (Å²) in [7, 11) is 1.65. The zero-order chi connectivity index (χ0) is 36.5. The summed E-state index contributed by atoms with van der Waals surface area (Å²) in [4.78, 5) is 72.1. The van der Waals surface area contributed by atoms with Crippen molar-refractivity contribution in [3.05, 3.63) is 84.4 Å². The summed E-state index contributed by atoms with van der Waals surface area (Å²) in [5.41, 5.74) is 17.7. The van der Waals surface area contributed by atoms with Crippen molar-refractivity contribution < 1.29 is 24.0 Å². The van der Waals surface area contributed by atoms with Gasteiger partial charge in [0.1, 0.15) is 0 Å². The van der Waals surface area contributed by atoms with E-state index in [9.17, 15) is 19.2 Å². The summed E-state index contributed by atoms with van der Waals surface area (Å²) in [6.45, 7) is 4.03. The summed E-state index contributed by atoms with van der Waals surface area (Å²) in [6, 6.07) is 13.7. The highest BCUT2D eigenvalue weighted by Crippen LogP contribution is 2.30. The van der Waals surface area contributed by atoms with Gasteiger partial charge in [0.25, 0.3) is 0 Å². The molecule has 1 fully saturated rings. The van der Waals surface area contributed by atoms with Crippen LogP contribution in [-0.2, 0) is 36.8 Å². The molecule has 11 heteroatoms. The zero-order valence-corrected chi connectivity index (χ0v) is 29.4. The number of nitrogens with two attached hydrogens (primary N) is 3. The first-order valence-electron chi connectivity index (χ1n) is 17.9. The van der Waals surface area contributed by atoms with Crippen molar-refractivity contribution in [3.8, 4) is 0 Å². The van der Waals surface area contributed by atoms with E-state index in [1.807, 2.05) is 30.3 Å². The minimum atomic E-state index is -2.37. The summed E-state index contributed by atoms with van der Waals surface area (Å²) >= 11 is 0. The highest BCUT2D eigenvalue weighted by atomic mass is 16.2. The van der Waals surface area contributed by atoms with Crippen LogP contribution in [0.15, 0.2) is 73.3 Å². The number of carbonyl (C=O) groups is 5. The molecular weight excluding hydrogens is 632 g/mol. The molecular formula is C39H56N6O5. The minimum absolute atomic E-state index is 0.00502. The molecule has 1 aliphatic carbocycles. The normalized spacial score (nSPS) is 17.0. The van der Waals surface area contributed by atoms with Gasteiger partial charge >= 0.3 is 0 Å². The highest BCUT2D eigenvalue weighted by Gasteiger charge is 2.53. The second-order valence-corrected chi connectivity index (χ2v) is 13.4. The summed E-state index contributed by atoms with van der Waals surface area (Å²) in [5, 5.41) is 5.90. The van der Waals surface area contributed by atoms with Gasteiger partial charge in [-0.2, -0.15) is 0 Å². The second kappa shape index (κ2) is 20.6. The quantitative estimate of drug-likeness (QED) is 0.0568. The summed E-state index contributed by atoms with van der Waals surface area (Å²) in [6.07, 6.45) is 8.16. The van der Waals surface area contributed by atoms with E-state index < -0.39 is 53.2 Å². The predicted molar refractivity (Wildman–Crippen MR) is 196 cm³/mol. The second-order valence-electron chi connectivity index (χ2n) is 13.4. The number of likely N-dealkylation sites (N-methyl/N-ethyl adjacent to an activating group) is 1. The van der Waals surface area contributed by atoms with Crippen LogP contribution in [0.2, 0.25) is 0 Å². The summed E-state index contributed by atoms with van der Waals surface area (Å²) in [5.74, 6) is -2.85. The Morgan fingerprint density at radius 1 is 0.900 bits per heavy atom. The molecule has 3 rings (SSSR count). The average Bonchev–Trinajstić information content (AvgIpc) is 3.13. The maximum atomic E-state index is 15.1. The number of aldehydes is 1. The Morgan fingerprint density at radius 2 is 1.50 bits per heavy atom. The Balaban J connectivity index is 2.13. The van der Waals surface area contributed by atoms with Crippen LogP contribution >= 0.6 is 0 Å². The molecule has 50 heavy (non-hydrogen) atoms. The van der Waals surface area contributed by atoms with Gasteiger partial charge in [-0.3, -0.25) is 24.1 Å². The van der Waals surface area contributed by atoms with Crippen LogP contribution in [0.4, 0.5) is 0 Å². The van der Waals surface area contributed by atoms with Crippen LogP contribution in [0.3, 0.4) is 0 Å². The molecule has 1 saturated carbocycles. The molecule has 0 spiro atoms. The van der Waals surface area contributed by atoms with Crippen molar-refractivity contribution in [3.63, 3.8) is 0 Å². The van der Waals surface area contributed by atoms with Crippen molar-refractivity contribution in [2.75, 3.05) is 13.6 Å². The van der Waals surface area contributed by atoms with Gasteiger partial charge in [-0.25, -0.2) is 0 Å². The molecule has 0 bridgehead atoms. The Kier molecular flexibility index (Phi) is 16.6. The van der Waals surface area contributed by atoms with E-state index in [0.717, 1.165) is 42.6 Å². The molecule has 2 aromatic carbocycles. The van der Waals surface area contributed by atoms with Gasteiger partial charge in [0, 0.05) is 6.42 Å². The Morgan fingerprint density at radius 3 is 2.06 bits per heavy atom. The number of amides is 3. The first kappa shape index (κ1) is 40.4. The largest absolute Gasteiger partial charge is 0.345 e. The lowest BCUT2D eigenvalue weighted by atomic mass is 9.79. The summed E-state index contributed by atoms with van der Waals surface area (Å²) < 4.78 is 0. The molecule has 0 aromatic heterocycles. The number of carbonyl (C=O) groups excluding carboxylic acids is 5. The standard InChI is InChI=1S/C39H56N6O5/c1-3-15-31(41)37(49)45(38(50)32(42)24-28-16-7-4-8-17-28)39(27-46,26-30-20-11-6-12-21-30)35(47)33(22-13-14-23-40)44-36(48)34(43-2)25-29-18-9-5-10-19-29/h3,5-6,9-12,18-21,27-28,31-34,43H,1,4,7-8,13-17,22-26,40-42H2,2H3,(H,44,48)/t31-,32+,33-,34-,39-/m0/s1. The molecule has 272 valence electrons. The number of Topliss-reactive ketones (excluding diaryl/α,β-unsaturated/α-hetero) is 1. The highest BCUT2D eigenvalue weighted by molar-refractivity contribution is 6.15. The number of hydrogen-bond donors (Lipinski definition) is 5. The number of hydrogen-bond acceptors (Lipinski definition) is 9. The molecule has 8 N–H and O–H groups in total. The third kappa shape index (κ3) is 11.0. The van der Waals surface area contributed by atoms with Gasteiger partial charge in [0.15, 0.2) is 17.6 Å². The van der Waals surface area contributed by atoms with Gasteiger partial charge < -0.3 is 32.6 Å². The third-order valence-electron chi connectivity index (χ3n) is 9.67. The van der Waals surface area contributed by atoms with Crippen molar-refractivity contribution in [1.82, 2.24) is 15.5 Å². The van der Waals surface area contributed by atoms with Crippen molar-refractivity contribution in [2.45, 2.75) is 107 Å². The van der Waals surface area contributed by atoms with Crippen LogP contribution in [0.5, 0.6) is 0 Å². The van der Waals surface area contributed by atoms with Gasteiger partial charge in [0.2, 0.25) is 17.7 Å². The number of nitrogens with one attached hydrogen (secondary N) is 2. The van der Waals surface area contributed by atoms with Gasteiger partial charge in [-0.15, -0.1) is 6.58 Å². The fourth-order valence-corrected chi connectivity index (χ4v) is 6.84. The molecule has 3 amide bonds. The Labute approximate surface area is 296 Å². The minimum Gasteiger partial charge on any atom is -0.345 e. The Hall–Kier alpha value is -4.03. The van der Waals surface area contributed by atoms with E-state index in [2.05, 4.69) is 17.2 Å². The van der Waals surface area contributed by atoms with E-state index in [4.69, 9.17) is 17.2 Å². The molecule has 0 saturated heterocycles. The third-order valence-corrected chi connectivity index (χ3v) is 9.67. The van der Waals surface area contributed by atoms with Crippen LogP contribution in [-0.4, -0.2) is 78.0 Å². The number of nitrogens with zero attached hydrogens (tertiary/aromatic N) is 1. The van der Waals surface area contributed by atoms with E-state index in [1.54, 1.807) is 37.4 Å². The van der Waals surface area contributed by atoms with Gasteiger partial charge in [-0.05, 0) is 69.2 Å². The molecule has 0 unspecified atom stereocenters. The molecule has 0 heterocycles. The van der Waals surface area contributed by atoms with E-state index in [-0.39, 0.29) is 25.2 Å². The lowest BCUT2D eigenvalue weighted by molar-refractivity contribution is -0.162. The fourth-order valence-electron chi connectivity index (χ4n) is 6.84. The van der Waals surface area contributed by atoms with Crippen molar-refractivity contribution >= 4 is 29.8 Å². The topological polar surface area (TPSA) is 191 Å². The smallest absolute Gasteiger partial charge is 0.247 e. The molecule has 1 aliphatic rings. The molecule has 0 aliphatic heterocycles. The number of unbranched alkanes of at least 4 members (excludes halogenated alkanes) is 1. The zero-order valence-electron chi connectivity index (χ0n) is 29.4. The number of rotatable bonds is 21. The van der Waals surface area contributed by atoms with Gasteiger partial charge in [-0.1, -0.05) is 98.8 Å². The van der Waals surface area contributed by atoms with Crippen LogP contribution in [0.1, 0.15) is 75.3 Å². The molecule has 0 radical (unpaired) electrons. The van der Waals surface area contributed by atoms with Crippen LogP contribution in [0.25, 0.3) is 0 Å². The fraction of sp³-hybridized carbons (Fsp3) is 0.513. The first-order valence-corrected chi connectivity index (χ1v) is 17.9. The van der Waals surface area contributed by atoms with Crippen molar-refractivity contribution in [1.29, 1.82) is 0 Å². The first-order chi connectivity index (χ1) is 24.1. The van der Waals surface area contributed by atoms with Crippen LogP contribution in [0, 0.1) is 5.92 Å². The predicted octanol–water partition coefficient (Wildman–Crippen LogP) is 2.74. The van der Waals surface area contributed by atoms with Crippen molar-refractivity contribution in [2.24, 2.45) is 23.1 Å². The number of benzene rings is 2. The maximum Gasteiger partial charge on any atom is 0.247 e. The maximum absolute atomic E-state index is 15.1. The number of imide groups is 1. The van der Waals surface area contributed by atoms with E-state index >= 15 is 4.79 Å². The molecule has 5 atom stereocenters. The van der Waals surface area contributed by atoms with E-state index in [1.165, 1.54) is 6.08 Å². The molecule has 11 nitrogen and oxygen atoms in total. The SMILES string of the molecule is C=CC[C@H](N)C(=O)N(C(=O)[C@H](N)CC1CCCCC1)[C@](C=O)(Cc1ccccc1)C(=O)[C@H](CCCCN)NC(=O)[C@H](Cc1ccccc1)NC. The lowest BCUT2D eigenvalue weighted by Gasteiger charge is -2.42. The van der Waals surface area contributed by atoms with Gasteiger partial charge in [0.05, 0.1) is 24.2 Å². The van der Waals surface area contributed by atoms with E-state index in [0.29, 0.717) is 44.1 Å². The monoisotopic (exact) mass is 688 g/mol. The number of ketones is 1. The molecule has 2 aromatic rings.